The average molecular weight is 216 g/mol. The predicted octanol–water partition coefficient (Wildman–Crippen LogP) is 1.81. The molecule has 0 saturated heterocycles. The Hall–Kier alpha value is -2.10. The Morgan fingerprint density at radius 3 is 2.75 bits per heavy atom. The van der Waals surface area contributed by atoms with Crippen LogP contribution in [0, 0.1) is 6.92 Å². The van der Waals surface area contributed by atoms with Crippen LogP contribution in [0.15, 0.2) is 36.5 Å². The molecule has 1 N–H and O–H groups in total. The molecular weight excluding hydrogens is 204 g/mol. The van der Waals surface area contributed by atoms with Gasteiger partial charge < -0.3 is 5.11 Å². The van der Waals surface area contributed by atoms with Gasteiger partial charge in [-0.05, 0) is 24.6 Å². The average Bonchev–Trinajstić information content (AvgIpc) is 2.65. The molecule has 1 heterocycles. The number of aryl methyl sites for hydroxylation is 1. The lowest BCUT2D eigenvalue weighted by Crippen LogP contribution is -2.06. The Morgan fingerprint density at radius 1 is 1.38 bits per heavy atom. The minimum atomic E-state index is -0.837. The maximum Gasteiger partial charge on any atom is 0.307 e. The Kier molecular flexibility index (Phi) is 2.72. The first-order valence-electron chi connectivity index (χ1n) is 4.99. The van der Waals surface area contributed by atoms with Gasteiger partial charge in [-0.25, -0.2) is 4.68 Å². The van der Waals surface area contributed by atoms with Crippen molar-refractivity contribution in [3.05, 3.63) is 47.8 Å². The number of rotatable bonds is 3. The summed E-state index contributed by atoms with van der Waals surface area (Å²) >= 11 is 0. The lowest BCUT2D eigenvalue weighted by molar-refractivity contribution is -0.136. The molecule has 0 bridgehead atoms. The SMILES string of the molecule is Cc1ccn(-c2ccccc2CC(=O)O)n1. The molecule has 0 spiro atoms. The molecule has 0 fully saturated rings. The summed E-state index contributed by atoms with van der Waals surface area (Å²) in [6.45, 7) is 1.90. The van der Waals surface area contributed by atoms with Crippen LogP contribution < -0.4 is 0 Å². The van der Waals surface area contributed by atoms with E-state index in [0.717, 1.165) is 16.9 Å². The van der Waals surface area contributed by atoms with Crippen LogP contribution in [0.5, 0.6) is 0 Å². The van der Waals surface area contributed by atoms with Gasteiger partial charge >= 0.3 is 5.97 Å². The zero-order chi connectivity index (χ0) is 11.5. The highest BCUT2D eigenvalue weighted by Crippen LogP contribution is 2.14. The van der Waals surface area contributed by atoms with E-state index in [0.29, 0.717) is 0 Å². The summed E-state index contributed by atoms with van der Waals surface area (Å²) in [5.74, 6) is -0.837. The minimum Gasteiger partial charge on any atom is -0.481 e. The van der Waals surface area contributed by atoms with Crippen molar-refractivity contribution in [2.45, 2.75) is 13.3 Å². The van der Waals surface area contributed by atoms with E-state index in [-0.39, 0.29) is 6.42 Å². The molecule has 1 aromatic carbocycles. The Morgan fingerprint density at radius 2 is 2.12 bits per heavy atom. The van der Waals surface area contributed by atoms with E-state index in [1.165, 1.54) is 0 Å². The lowest BCUT2D eigenvalue weighted by atomic mass is 10.1. The maximum atomic E-state index is 10.7. The number of nitrogens with zero attached hydrogens (tertiary/aromatic N) is 2. The van der Waals surface area contributed by atoms with Crippen LogP contribution in [-0.4, -0.2) is 20.9 Å². The summed E-state index contributed by atoms with van der Waals surface area (Å²) in [5, 5.41) is 13.1. The second kappa shape index (κ2) is 4.18. The molecule has 0 aliphatic rings. The van der Waals surface area contributed by atoms with Crippen molar-refractivity contribution in [2.75, 3.05) is 0 Å². The number of hydrogen-bond donors (Lipinski definition) is 1. The van der Waals surface area contributed by atoms with Gasteiger partial charge in [0.1, 0.15) is 0 Å². The van der Waals surface area contributed by atoms with Gasteiger partial charge in [-0.3, -0.25) is 4.79 Å². The first-order chi connectivity index (χ1) is 7.66. The smallest absolute Gasteiger partial charge is 0.307 e. The number of carboxylic acids is 1. The van der Waals surface area contributed by atoms with Gasteiger partial charge in [0.2, 0.25) is 0 Å². The highest BCUT2D eigenvalue weighted by atomic mass is 16.4. The van der Waals surface area contributed by atoms with Gasteiger partial charge in [-0.1, -0.05) is 18.2 Å². The number of benzene rings is 1. The molecule has 0 aliphatic carbocycles. The largest absolute Gasteiger partial charge is 0.481 e. The molecule has 0 unspecified atom stereocenters. The van der Waals surface area contributed by atoms with E-state index in [1.54, 1.807) is 10.7 Å². The summed E-state index contributed by atoms with van der Waals surface area (Å²) in [6, 6.07) is 9.26. The van der Waals surface area contributed by atoms with Crippen LogP contribution >= 0.6 is 0 Å². The fourth-order valence-corrected chi connectivity index (χ4v) is 1.60. The molecule has 4 nitrogen and oxygen atoms in total. The Bertz CT molecular complexity index is 517. The molecule has 0 aliphatic heterocycles. The number of aromatic nitrogens is 2. The third-order valence-corrected chi connectivity index (χ3v) is 2.30. The fraction of sp³-hybridized carbons (Fsp3) is 0.167. The van der Waals surface area contributed by atoms with Crippen molar-refractivity contribution in [1.82, 2.24) is 9.78 Å². The van der Waals surface area contributed by atoms with Crippen molar-refractivity contribution in [1.29, 1.82) is 0 Å². The third-order valence-electron chi connectivity index (χ3n) is 2.30. The number of carboxylic acid groups (broad SMARTS) is 1. The summed E-state index contributed by atoms with van der Waals surface area (Å²) in [7, 11) is 0. The molecule has 2 aromatic rings. The van der Waals surface area contributed by atoms with Gasteiger partial charge in [-0.15, -0.1) is 0 Å². The van der Waals surface area contributed by atoms with Crippen molar-refractivity contribution >= 4 is 5.97 Å². The maximum absolute atomic E-state index is 10.7. The number of carbonyl (C=O) groups is 1. The van der Waals surface area contributed by atoms with Gasteiger partial charge in [0.25, 0.3) is 0 Å². The minimum absolute atomic E-state index is 0.00901. The second-order valence-corrected chi connectivity index (χ2v) is 3.60. The van der Waals surface area contributed by atoms with Crippen LogP contribution in [0.3, 0.4) is 0 Å². The Balaban J connectivity index is 2.43. The fourth-order valence-electron chi connectivity index (χ4n) is 1.60. The molecule has 82 valence electrons. The van der Waals surface area contributed by atoms with Crippen LogP contribution in [0.2, 0.25) is 0 Å². The monoisotopic (exact) mass is 216 g/mol. The van der Waals surface area contributed by atoms with E-state index >= 15 is 0 Å². The first kappa shape index (κ1) is 10.4. The van der Waals surface area contributed by atoms with Crippen molar-refractivity contribution in [3.63, 3.8) is 0 Å². The van der Waals surface area contributed by atoms with Crippen molar-refractivity contribution in [2.24, 2.45) is 0 Å². The Labute approximate surface area is 93.1 Å². The number of para-hydroxylation sites is 1. The van der Waals surface area contributed by atoms with Crippen LogP contribution in [0.1, 0.15) is 11.3 Å². The van der Waals surface area contributed by atoms with E-state index in [4.69, 9.17) is 5.11 Å². The molecule has 0 amide bonds. The number of hydrogen-bond acceptors (Lipinski definition) is 2. The molecule has 0 saturated carbocycles. The van der Waals surface area contributed by atoms with Gasteiger partial charge in [-0.2, -0.15) is 5.10 Å². The van der Waals surface area contributed by atoms with E-state index in [2.05, 4.69) is 5.10 Å². The summed E-state index contributed by atoms with van der Waals surface area (Å²) in [4.78, 5) is 10.7. The first-order valence-corrected chi connectivity index (χ1v) is 4.99. The summed E-state index contributed by atoms with van der Waals surface area (Å²) < 4.78 is 1.70. The zero-order valence-corrected chi connectivity index (χ0v) is 8.92. The molecule has 4 heteroatoms. The van der Waals surface area contributed by atoms with Gasteiger partial charge in [0.15, 0.2) is 0 Å². The normalized spacial score (nSPS) is 10.3. The molecule has 0 atom stereocenters. The van der Waals surface area contributed by atoms with Crippen LogP contribution in [-0.2, 0) is 11.2 Å². The number of aliphatic carboxylic acids is 1. The van der Waals surface area contributed by atoms with E-state index in [1.807, 2.05) is 37.4 Å². The molecule has 1 aromatic heterocycles. The predicted molar refractivity (Wildman–Crippen MR) is 59.6 cm³/mol. The standard InChI is InChI=1S/C12H12N2O2/c1-9-6-7-14(13-9)11-5-3-2-4-10(11)8-12(15)16/h2-7H,8H2,1H3,(H,15,16). The van der Waals surface area contributed by atoms with E-state index in [9.17, 15) is 4.79 Å². The molecule has 2 rings (SSSR count). The highest BCUT2D eigenvalue weighted by molar-refractivity contribution is 5.71. The van der Waals surface area contributed by atoms with Crippen LogP contribution in [0.25, 0.3) is 5.69 Å². The second-order valence-electron chi connectivity index (χ2n) is 3.60. The highest BCUT2D eigenvalue weighted by Gasteiger charge is 2.08. The topological polar surface area (TPSA) is 55.1 Å². The molecular formula is C12H12N2O2. The summed E-state index contributed by atoms with van der Waals surface area (Å²) in [6.07, 6.45) is 1.84. The van der Waals surface area contributed by atoms with Crippen molar-refractivity contribution in [3.8, 4) is 5.69 Å². The summed E-state index contributed by atoms with van der Waals surface area (Å²) in [5.41, 5.74) is 2.49. The van der Waals surface area contributed by atoms with E-state index < -0.39 is 5.97 Å². The molecule has 16 heavy (non-hydrogen) atoms. The quantitative estimate of drug-likeness (QED) is 0.851. The zero-order valence-electron chi connectivity index (χ0n) is 8.92. The molecule has 0 radical (unpaired) electrons. The van der Waals surface area contributed by atoms with Crippen LogP contribution in [0.4, 0.5) is 0 Å². The van der Waals surface area contributed by atoms with Gasteiger partial charge in [0.05, 0.1) is 17.8 Å². The lowest BCUT2D eigenvalue weighted by Gasteiger charge is -2.07. The van der Waals surface area contributed by atoms with Gasteiger partial charge in [0, 0.05) is 6.20 Å². The van der Waals surface area contributed by atoms with Crippen molar-refractivity contribution < 1.29 is 9.90 Å². The third kappa shape index (κ3) is 2.11.